The summed E-state index contributed by atoms with van der Waals surface area (Å²) in [5.41, 5.74) is 2.49. The fourth-order valence-corrected chi connectivity index (χ4v) is 4.89. The molecule has 3 aromatic carbocycles. The third-order valence-electron chi connectivity index (χ3n) is 5.19. The molecule has 0 aliphatic carbocycles. The molecule has 1 heterocycles. The Kier molecular flexibility index (Phi) is 7.42. The Hall–Kier alpha value is -3.37. The van der Waals surface area contributed by atoms with Crippen LogP contribution in [0.4, 0.5) is 10.5 Å². The molecule has 0 bridgehead atoms. The summed E-state index contributed by atoms with van der Waals surface area (Å²) in [6.45, 7) is 1.72. The van der Waals surface area contributed by atoms with Crippen molar-refractivity contribution in [3.05, 3.63) is 101 Å². The number of benzene rings is 3. The Labute approximate surface area is 212 Å². The van der Waals surface area contributed by atoms with Crippen molar-refractivity contribution in [2.45, 2.75) is 17.9 Å². The second-order valence-electron chi connectivity index (χ2n) is 7.57. The second-order valence-corrected chi connectivity index (χ2v) is 10.0. The van der Waals surface area contributed by atoms with Crippen molar-refractivity contribution >= 4 is 44.9 Å². The molecule has 3 N–H and O–H groups in total. The summed E-state index contributed by atoms with van der Waals surface area (Å²) in [7, 11) is -4.07. The molecule has 0 saturated heterocycles. The molecule has 0 spiro atoms. The highest BCUT2D eigenvalue weighted by Gasteiger charge is 2.26. The highest BCUT2D eigenvalue weighted by molar-refractivity contribution is 7.89. The number of sulfonamides is 1. The highest BCUT2D eigenvalue weighted by atomic mass is 35.5. The summed E-state index contributed by atoms with van der Waals surface area (Å²) >= 11 is 12.4. The van der Waals surface area contributed by atoms with Crippen molar-refractivity contribution < 1.29 is 13.2 Å². The molecule has 0 aliphatic heterocycles. The predicted molar refractivity (Wildman–Crippen MR) is 137 cm³/mol. The summed E-state index contributed by atoms with van der Waals surface area (Å²) in [4.78, 5) is 22.7. The number of hydrogen-bond acceptors (Lipinski definition) is 4. The van der Waals surface area contributed by atoms with E-state index in [0.29, 0.717) is 21.3 Å². The lowest BCUT2D eigenvalue weighted by Gasteiger charge is -2.26. The number of anilines is 1. The average Bonchev–Trinajstić information content (AvgIpc) is 3.40. The number of imidazole rings is 1. The van der Waals surface area contributed by atoms with Gasteiger partial charge in [-0.2, -0.15) is 0 Å². The average molecular weight is 530 g/mol. The van der Waals surface area contributed by atoms with Crippen LogP contribution in [0.5, 0.6) is 0 Å². The molecule has 11 heteroatoms. The van der Waals surface area contributed by atoms with Crippen LogP contribution in [-0.2, 0) is 10.0 Å². The SMILES string of the molecule is C[C@H](NC(=O)N(NS(=O)(=O)c1ccccc1)c1ccc(-c2cnc[nH]2)cc1)c1cccc(Cl)c1Cl. The van der Waals surface area contributed by atoms with E-state index in [-0.39, 0.29) is 4.90 Å². The Morgan fingerprint density at radius 1 is 1.00 bits per heavy atom. The number of nitrogens with zero attached hydrogens (tertiary/aromatic N) is 2. The monoisotopic (exact) mass is 529 g/mol. The van der Waals surface area contributed by atoms with Crippen LogP contribution in [0.15, 0.2) is 90.2 Å². The lowest BCUT2D eigenvalue weighted by molar-refractivity contribution is 0.242. The largest absolute Gasteiger partial charge is 0.345 e. The van der Waals surface area contributed by atoms with E-state index in [9.17, 15) is 13.2 Å². The number of aromatic nitrogens is 2. The Bertz CT molecular complexity index is 1410. The second kappa shape index (κ2) is 10.5. The molecule has 4 aromatic rings. The minimum atomic E-state index is -4.07. The minimum Gasteiger partial charge on any atom is -0.345 e. The standard InChI is InChI=1S/C24H21Cl2N5O3S/c1-16(20-8-5-9-21(25)23(20)26)29-24(32)31(30-35(33,34)19-6-3-2-4-7-19)18-12-10-17(11-13-18)22-14-27-15-28-22/h2-16,30H,1H3,(H,27,28)(H,29,32)/t16-/m0/s1. The maximum atomic E-state index is 13.3. The van der Waals surface area contributed by atoms with Gasteiger partial charge in [0.1, 0.15) is 0 Å². The Balaban J connectivity index is 1.65. The Morgan fingerprint density at radius 2 is 1.71 bits per heavy atom. The molecule has 180 valence electrons. The van der Waals surface area contributed by atoms with E-state index in [1.54, 1.807) is 80.1 Å². The van der Waals surface area contributed by atoms with E-state index in [1.807, 2.05) is 0 Å². The fourth-order valence-electron chi connectivity index (χ4n) is 3.37. The van der Waals surface area contributed by atoms with Crippen molar-refractivity contribution in [3.8, 4) is 11.3 Å². The van der Waals surface area contributed by atoms with E-state index in [0.717, 1.165) is 16.3 Å². The smallest absolute Gasteiger partial charge is 0.337 e. The lowest BCUT2D eigenvalue weighted by Crippen LogP contribution is -2.51. The van der Waals surface area contributed by atoms with Gasteiger partial charge < -0.3 is 10.3 Å². The number of amides is 2. The van der Waals surface area contributed by atoms with Crippen LogP contribution >= 0.6 is 23.2 Å². The third-order valence-corrected chi connectivity index (χ3v) is 7.34. The quantitative estimate of drug-likeness (QED) is 0.272. The first kappa shape index (κ1) is 24.7. The third kappa shape index (κ3) is 5.66. The van der Waals surface area contributed by atoms with Crippen LogP contribution in [0.3, 0.4) is 0 Å². The predicted octanol–water partition coefficient (Wildman–Crippen LogP) is 5.55. The zero-order valence-corrected chi connectivity index (χ0v) is 20.8. The normalized spacial score (nSPS) is 12.2. The molecule has 35 heavy (non-hydrogen) atoms. The van der Waals surface area contributed by atoms with Crippen LogP contribution in [-0.4, -0.2) is 24.4 Å². The maximum Gasteiger partial charge on any atom is 0.337 e. The zero-order chi connectivity index (χ0) is 25.0. The van der Waals surface area contributed by atoms with E-state index in [1.165, 1.54) is 12.1 Å². The summed E-state index contributed by atoms with van der Waals surface area (Å²) in [5, 5.41) is 4.37. The number of nitrogens with one attached hydrogen (secondary N) is 3. The number of carbonyl (C=O) groups is 1. The molecular weight excluding hydrogens is 509 g/mol. The van der Waals surface area contributed by atoms with E-state index in [2.05, 4.69) is 20.1 Å². The number of hydrazine groups is 1. The van der Waals surface area contributed by atoms with E-state index in [4.69, 9.17) is 23.2 Å². The first-order valence-electron chi connectivity index (χ1n) is 10.5. The lowest BCUT2D eigenvalue weighted by atomic mass is 10.1. The molecule has 0 saturated carbocycles. The summed E-state index contributed by atoms with van der Waals surface area (Å²) in [6, 6.07) is 18.3. The van der Waals surface area contributed by atoms with Crippen LogP contribution in [0.2, 0.25) is 10.0 Å². The van der Waals surface area contributed by atoms with Crippen molar-refractivity contribution in [1.82, 2.24) is 20.1 Å². The number of rotatable bonds is 7. The molecule has 1 aromatic heterocycles. The van der Waals surface area contributed by atoms with Gasteiger partial charge in [0, 0.05) is 0 Å². The molecule has 1 atom stereocenters. The first-order valence-corrected chi connectivity index (χ1v) is 12.7. The molecule has 8 nitrogen and oxygen atoms in total. The topological polar surface area (TPSA) is 107 Å². The molecule has 0 radical (unpaired) electrons. The minimum absolute atomic E-state index is 0.0119. The van der Waals surface area contributed by atoms with Crippen molar-refractivity contribution in [2.24, 2.45) is 0 Å². The highest BCUT2D eigenvalue weighted by Crippen LogP contribution is 2.30. The maximum absolute atomic E-state index is 13.3. The molecule has 0 unspecified atom stereocenters. The van der Waals surface area contributed by atoms with Crippen molar-refractivity contribution in [1.29, 1.82) is 0 Å². The molecule has 4 rings (SSSR count). The fraction of sp³-hybridized carbons (Fsp3) is 0.0833. The number of hydrogen-bond donors (Lipinski definition) is 3. The van der Waals surface area contributed by atoms with Gasteiger partial charge >= 0.3 is 6.03 Å². The molecule has 0 aliphatic rings. The summed E-state index contributed by atoms with van der Waals surface area (Å²) < 4.78 is 26.1. The molecule has 0 fully saturated rings. The summed E-state index contributed by atoms with van der Waals surface area (Å²) in [6.07, 6.45) is 3.22. The van der Waals surface area contributed by atoms with E-state index < -0.39 is 22.1 Å². The zero-order valence-electron chi connectivity index (χ0n) is 18.4. The van der Waals surface area contributed by atoms with Gasteiger partial charge in [0.15, 0.2) is 0 Å². The van der Waals surface area contributed by atoms with Gasteiger partial charge in [-0.3, -0.25) is 0 Å². The summed E-state index contributed by atoms with van der Waals surface area (Å²) in [5.74, 6) is 0. The van der Waals surface area contributed by atoms with Gasteiger partial charge in [-0.15, -0.1) is 4.83 Å². The number of halogens is 2. The van der Waals surface area contributed by atoms with Gasteiger partial charge in [-0.05, 0) is 48.4 Å². The molecule has 2 amide bonds. The number of H-pyrrole nitrogens is 1. The first-order chi connectivity index (χ1) is 16.8. The van der Waals surface area contributed by atoms with Gasteiger partial charge in [0.2, 0.25) is 0 Å². The van der Waals surface area contributed by atoms with Crippen LogP contribution in [0.1, 0.15) is 18.5 Å². The molecular formula is C24H21Cl2N5O3S. The number of aromatic amines is 1. The Morgan fingerprint density at radius 3 is 2.37 bits per heavy atom. The number of urea groups is 1. The van der Waals surface area contributed by atoms with Crippen molar-refractivity contribution in [2.75, 3.05) is 5.01 Å². The van der Waals surface area contributed by atoms with Gasteiger partial charge in [0.25, 0.3) is 10.0 Å². The van der Waals surface area contributed by atoms with Gasteiger partial charge in [0.05, 0.1) is 44.9 Å². The van der Waals surface area contributed by atoms with Crippen LogP contribution in [0.25, 0.3) is 11.3 Å². The van der Waals surface area contributed by atoms with Crippen molar-refractivity contribution in [3.63, 3.8) is 0 Å². The number of carbonyl (C=O) groups excluding carboxylic acids is 1. The van der Waals surface area contributed by atoms with E-state index >= 15 is 0 Å². The van der Waals surface area contributed by atoms with Gasteiger partial charge in [-0.25, -0.2) is 23.2 Å². The van der Waals surface area contributed by atoms with Gasteiger partial charge in [-0.1, -0.05) is 65.7 Å². The van der Waals surface area contributed by atoms with Crippen LogP contribution < -0.4 is 15.2 Å². The van der Waals surface area contributed by atoms with Crippen LogP contribution in [0, 0.1) is 0 Å².